The maximum Gasteiger partial charge on any atom is 0.308 e. The minimum absolute atomic E-state index is 0.0631. The number of hydrogen-bond donors (Lipinski definition) is 1. The largest absolute Gasteiger partial charge is 0.490 e. The van der Waals surface area contributed by atoms with Gasteiger partial charge in [0.15, 0.2) is 0 Å². The summed E-state index contributed by atoms with van der Waals surface area (Å²) in [6, 6.07) is 10.4. The Balaban J connectivity index is 1.56. The topological polar surface area (TPSA) is 111 Å². The quantitative estimate of drug-likeness (QED) is 0.618. The predicted octanol–water partition coefficient (Wildman–Crippen LogP) is 3.08. The first-order valence-corrected chi connectivity index (χ1v) is 12.6. The standard InChI is InChI=1S/C23H25ClN2O7S/c1-26-18-9-8-15(12-22(27)31-2)33-20(18)13-32-19-10-7-14(11-16(19)23(26)28)25-34(29,30)21-6-4-3-5-17(21)24/h3-7,10-11,15,18,20,25H,8-9,12-13H2,1-2H3/t15-,18-,20-/m0/s1. The van der Waals surface area contributed by atoms with Gasteiger partial charge < -0.3 is 19.1 Å². The molecule has 0 spiro atoms. The van der Waals surface area contributed by atoms with Crippen LogP contribution in [0, 0.1) is 0 Å². The summed E-state index contributed by atoms with van der Waals surface area (Å²) in [5, 5.41) is 0.0919. The van der Waals surface area contributed by atoms with E-state index in [1.54, 1.807) is 30.1 Å². The summed E-state index contributed by atoms with van der Waals surface area (Å²) in [5.74, 6) is -0.357. The van der Waals surface area contributed by atoms with Crippen molar-refractivity contribution in [2.75, 3.05) is 25.5 Å². The number of carbonyl (C=O) groups is 2. The van der Waals surface area contributed by atoms with Crippen LogP contribution in [-0.4, -0.2) is 64.2 Å². The predicted molar refractivity (Wildman–Crippen MR) is 125 cm³/mol. The zero-order chi connectivity index (χ0) is 24.5. The Bertz CT molecular complexity index is 1200. The van der Waals surface area contributed by atoms with Gasteiger partial charge in [0.2, 0.25) is 0 Å². The van der Waals surface area contributed by atoms with Crippen molar-refractivity contribution in [3.63, 3.8) is 0 Å². The zero-order valence-electron chi connectivity index (χ0n) is 18.7. The van der Waals surface area contributed by atoms with E-state index in [4.69, 9.17) is 25.8 Å². The molecule has 2 aliphatic heterocycles. The summed E-state index contributed by atoms with van der Waals surface area (Å²) in [6.07, 6.45) is 0.651. The normalized spacial score (nSPS) is 22.5. The van der Waals surface area contributed by atoms with Crippen LogP contribution >= 0.6 is 11.6 Å². The molecule has 0 unspecified atom stereocenters. The van der Waals surface area contributed by atoms with E-state index in [9.17, 15) is 18.0 Å². The first-order chi connectivity index (χ1) is 16.2. The number of amides is 1. The number of sulfonamides is 1. The van der Waals surface area contributed by atoms with Crippen LogP contribution in [0.4, 0.5) is 5.69 Å². The molecule has 2 aromatic rings. The summed E-state index contributed by atoms with van der Waals surface area (Å²) in [6.45, 7) is 0.178. The molecule has 2 heterocycles. The molecule has 1 fully saturated rings. The molecule has 0 aromatic heterocycles. The van der Waals surface area contributed by atoms with Gasteiger partial charge in [-0.1, -0.05) is 23.7 Å². The number of esters is 1. The summed E-state index contributed by atoms with van der Waals surface area (Å²) >= 11 is 6.05. The highest BCUT2D eigenvalue weighted by molar-refractivity contribution is 7.92. The molecule has 34 heavy (non-hydrogen) atoms. The lowest BCUT2D eigenvalue weighted by molar-refractivity contribution is -0.151. The van der Waals surface area contributed by atoms with Crippen LogP contribution in [-0.2, 0) is 24.3 Å². The van der Waals surface area contributed by atoms with Crippen LogP contribution in [0.25, 0.3) is 0 Å². The van der Waals surface area contributed by atoms with Crippen LogP contribution in [0.3, 0.4) is 0 Å². The van der Waals surface area contributed by atoms with E-state index < -0.39 is 16.1 Å². The van der Waals surface area contributed by atoms with E-state index >= 15 is 0 Å². The number of ether oxygens (including phenoxy) is 3. The van der Waals surface area contributed by atoms with Crippen molar-refractivity contribution in [1.29, 1.82) is 0 Å². The lowest BCUT2D eigenvalue weighted by Crippen LogP contribution is -2.53. The van der Waals surface area contributed by atoms with Gasteiger partial charge in [-0.05, 0) is 43.2 Å². The van der Waals surface area contributed by atoms with Gasteiger partial charge in [0, 0.05) is 12.7 Å². The summed E-state index contributed by atoms with van der Waals surface area (Å²) in [4.78, 5) is 26.5. The van der Waals surface area contributed by atoms with Gasteiger partial charge in [0.05, 0.1) is 36.3 Å². The molecule has 0 aliphatic carbocycles. The van der Waals surface area contributed by atoms with Gasteiger partial charge >= 0.3 is 5.97 Å². The molecule has 1 N–H and O–H groups in total. The second kappa shape index (κ2) is 9.81. The molecule has 0 radical (unpaired) electrons. The number of nitrogens with zero attached hydrogens (tertiary/aromatic N) is 1. The van der Waals surface area contributed by atoms with Crippen molar-refractivity contribution in [2.45, 2.75) is 42.4 Å². The van der Waals surface area contributed by atoms with E-state index in [0.29, 0.717) is 18.6 Å². The maximum absolute atomic E-state index is 13.3. The Morgan fingerprint density at radius 1 is 1.24 bits per heavy atom. The number of methoxy groups -OCH3 is 1. The highest BCUT2D eigenvalue weighted by Gasteiger charge is 2.39. The van der Waals surface area contributed by atoms with Crippen LogP contribution < -0.4 is 9.46 Å². The number of carbonyl (C=O) groups excluding carboxylic acids is 2. The van der Waals surface area contributed by atoms with E-state index in [1.165, 1.54) is 31.4 Å². The minimum Gasteiger partial charge on any atom is -0.490 e. The molecule has 182 valence electrons. The lowest BCUT2D eigenvalue weighted by atomic mass is 9.94. The fraction of sp³-hybridized carbons (Fsp3) is 0.391. The highest BCUT2D eigenvalue weighted by atomic mass is 35.5. The van der Waals surface area contributed by atoms with Crippen molar-refractivity contribution >= 4 is 39.2 Å². The number of benzene rings is 2. The second-order valence-electron chi connectivity index (χ2n) is 8.20. The fourth-order valence-electron chi connectivity index (χ4n) is 4.23. The Morgan fingerprint density at radius 2 is 2.00 bits per heavy atom. The molecular weight excluding hydrogens is 484 g/mol. The van der Waals surface area contributed by atoms with Crippen LogP contribution in [0.5, 0.6) is 5.75 Å². The number of anilines is 1. The van der Waals surface area contributed by atoms with Crippen LogP contribution in [0.1, 0.15) is 29.6 Å². The number of likely N-dealkylation sites (N-methyl/N-ethyl adjacent to an activating group) is 1. The molecule has 11 heteroatoms. The van der Waals surface area contributed by atoms with Gasteiger partial charge in [0.1, 0.15) is 23.4 Å². The van der Waals surface area contributed by atoms with Crippen LogP contribution in [0.15, 0.2) is 47.4 Å². The van der Waals surface area contributed by atoms with E-state index in [1.807, 2.05) is 0 Å². The van der Waals surface area contributed by atoms with Crippen molar-refractivity contribution in [1.82, 2.24) is 4.90 Å². The third kappa shape index (κ3) is 4.98. The SMILES string of the molecule is COC(=O)C[C@@H]1CC[C@H]2[C@H](COc3ccc(NS(=O)(=O)c4ccccc4Cl)cc3C(=O)N2C)O1. The van der Waals surface area contributed by atoms with Gasteiger partial charge in [-0.2, -0.15) is 0 Å². The highest BCUT2D eigenvalue weighted by Crippen LogP contribution is 2.33. The third-order valence-corrected chi connectivity index (χ3v) is 7.89. The molecule has 0 bridgehead atoms. The second-order valence-corrected chi connectivity index (χ2v) is 10.3. The number of nitrogens with one attached hydrogen (secondary N) is 1. The molecule has 3 atom stereocenters. The Hall–Kier alpha value is -2.82. The van der Waals surface area contributed by atoms with Gasteiger partial charge in [-0.15, -0.1) is 0 Å². The molecule has 1 saturated heterocycles. The molecule has 0 saturated carbocycles. The monoisotopic (exact) mass is 508 g/mol. The zero-order valence-corrected chi connectivity index (χ0v) is 20.3. The lowest BCUT2D eigenvalue weighted by Gasteiger charge is -2.42. The van der Waals surface area contributed by atoms with Crippen molar-refractivity contribution in [3.8, 4) is 5.75 Å². The van der Waals surface area contributed by atoms with Crippen molar-refractivity contribution < 1.29 is 32.2 Å². The van der Waals surface area contributed by atoms with Gasteiger partial charge in [-0.25, -0.2) is 8.42 Å². The molecular formula is C23H25ClN2O7S. The molecule has 4 rings (SSSR count). The molecule has 9 nitrogen and oxygen atoms in total. The van der Waals surface area contributed by atoms with Gasteiger partial charge in [-0.3, -0.25) is 14.3 Å². The van der Waals surface area contributed by atoms with Crippen molar-refractivity contribution in [3.05, 3.63) is 53.1 Å². The average Bonchev–Trinajstić information content (AvgIpc) is 2.81. The number of rotatable bonds is 5. The molecule has 2 aliphatic rings. The van der Waals surface area contributed by atoms with Crippen molar-refractivity contribution in [2.24, 2.45) is 0 Å². The molecule has 1 amide bonds. The maximum atomic E-state index is 13.3. The third-order valence-electron chi connectivity index (χ3n) is 6.01. The number of fused-ring (bicyclic) bond motifs is 2. The molecule has 2 aromatic carbocycles. The van der Waals surface area contributed by atoms with E-state index in [0.717, 1.165) is 0 Å². The summed E-state index contributed by atoms with van der Waals surface area (Å²) in [5.41, 5.74) is 0.441. The number of hydrogen-bond acceptors (Lipinski definition) is 7. The minimum atomic E-state index is -3.96. The Labute approximate surface area is 203 Å². The first-order valence-electron chi connectivity index (χ1n) is 10.7. The summed E-state index contributed by atoms with van der Waals surface area (Å²) < 4.78 is 44.8. The average molecular weight is 509 g/mol. The first kappa shape index (κ1) is 24.3. The smallest absolute Gasteiger partial charge is 0.308 e. The Kier molecular flexibility index (Phi) is 7.01. The van der Waals surface area contributed by atoms with Crippen LogP contribution in [0.2, 0.25) is 5.02 Å². The van der Waals surface area contributed by atoms with E-state index in [2.05, 4.69) is 4.72 Å². The fourth-order valence-corrected chi connectivity index (χ4v) is 5.80. The summed E-state index contributed by atoms with van der Waals surface area (Å²) in [7, 11) is -0.948. The number of halogens is 1. The Morgan fingerprint density at radius 3 is 2.74 bits per heavy atom. The van der Waals surface area contributed by atoms with Gasteiger partial charge in [0.25, 0.3) is 15.9 Å². The van der Waals surface area contributed by atoms with E-state index in [-0.39, 0.29) is 58.2 Å².